The van der Waals surface area contributed by atoms with Crippen LogP contribution in [0.15, 0.2) is 0 Å². The van der Waals surface area contributed by atoms with Crippen LogP contribution in [-0.2, 0) is 4.79 Å². The molecule has 2 N–H and O–H groups in total. The van der Waals surface area contributed by atoms with Crippen LogP contribution in [0.3, 0.4) is 0 Å². The van der Waals surface area contributed by atoms with Crippen LogP contribution in [0.1, 0.15) is 41.0 Å². The molecule has 1 saturated heterocycles. The van der Waals surface area contributed by atoms with Crippen LogP contribution in [0.25, 0.3) is 0 Å². The maximum absolute atomic E-state index is 12.4. The molecular formula is C13H24N2O. The fourth-order valence-corrected chi connectivity index (χ4v) is 3.55. The number of hydrogen-bond donors (Lipinski definition) is 2. The molecule has 0 spiro atoms. The van der Waals surface area contributed by atoms with E-state index in [9.17, 15) is 4.79 Å². The van der Waals surface area contributed by atoms with E-state index in [4.69, 9.17) is 0 Å². The van der Waals surface area contributed by atoms with E-state index in [0.717, 1.165) is 19.5 Å². The number of rotatable bonds is 1. The quantitative estimate of drug-likeness (QED) is 0.706. The molecule has 92 valence electrons. The van der Waals surface area contributed by atoms with Crippen molar-refractivity contribution in [1.82, 2.24) is 10.6 Å². The van der Waals surface area contributed by atoms with Crippen LogP contribution in [-0.4, -0.2) is 30.0 Å². The lowest BCUT2D eigenvalue weighted by molar-refractivity contribution is -0.166. The van der Waals surface area contributed by atoms with E-state index in [0.29, 0.717) is 11.7 Å². The van der Waals surface area contributed by atoms with Gasteiger partial charge in [0.05, 0.1) is 5.54 Å². The third-order valence-electron chi connectivity index (χ3n) is 4.10. The first-order valence-corrected chi connectivity index (χ1v) is 6.25. The number of piperidine rings is 1. The molecule has 0 bridgehead atoms. The first kappa shape index (κ1) is 12.1. The fourth-order valence-electron chi connectivity index (χ4n) is 3.55. The monoisotopic (exact) mass is 224 g/mol. The summed E-state index contributed by atoms with van der Waals surface area (Å²) in [5.41, 5.74) is -0.416. The molecule has 0 aromatic carbocycles. The molecule has 0 aromatic heterocycles. The van der Waals surface area contributed by atoms with Crippen LogP contribution < -0.4 is 10.6 Å². The fraction of sp³-hybridized carbons (Fsp3) is 0.923. The van der Waals surface area contributed by atoms with E-state index in [2.05, 4.69) is 45.3 Å². The van der Waals surface area contributed by atoms with Crippen molar-refractivity contribution in [3.8, 4) is 0 Å². The van der Waals surface area contributed by atoms with E-state index in [1.54, 1.807) is 0 Å². The van der Waals surface area contributed by atoms with Gasteiger partial charge >= 0.3 is 0 Å². The Kier molecular flexibility index (Phi) is 2.48. The number of hydrogen-bond acceptors (Lipinski definition) is 3. The van der Waals surface area contributed by atoms with Gasteiger partial charge in [0.2, 0.25) is 0 Å². The van der Waals surface area contributed by atoms with Gasteiger partial charge in [-0.2, -0.15) is 0 Å². The van der Waals surface area contributed by atoms with Gasteiger partial charge in [-0.25, -0.2) is 0 Å². The number of nitrogens with one attached hydrogen (secondary N) is 2. The van der Waals surface area contributed by atoms with Crippen molar-refractivity contribution >= 4 is 5.78 Å². The van der Waals surface area contributed by atoms with Crippen molar-refractivity contribution in [3.05, 3.63) is 0 Å². The van der Waals surface area contributed by atoms with Crippen LogP contribution in [0.5, 0.6) is 0 Å². The van der Waals surface area contributed by atoms with Crippen LogP contribution >= 0.6 is 0 Å². The second kappa shape index (κ2) is 3.30. The Balaban J connectivity index is 2.27. The van der Waals surface area contributed by atoms with Gasteiger partial charge in [-0.05, 0) is 33.7 Å². The summed E-state index contributed by atoms with van der Waals surface area (Å²) in [7, 11) is 0. The standard InChI is InChI=1S/C13H24N2O/c1-11(2,3)15-13-6-7-14-8-9(13)12(4,5)10(13)16/h9,14-15H,6-8H2,1-5H3. The number of carbonyl (C=O) groups excluding carboxylic acids is 1. The lowest BCUT2D eigenvalue weighted by Gasteiger charge is -2.62. The van der Waals surface area contributed by atoms with Gasteiger partial charge in [-0.15, -0.1) is 0 Å². The van der Waals surface area contributed by atoms with Crippen molar-refractivity contribution in [3.63, 3.8) is 0 Å². The lowest BCUT2D eigenvalue weighted by atomic mass is 9.47. The molecule has 3 nitrogen and oxygen atoms in total. The molecule has 2 aliphatic rings. The summed E-state index contributed by atoms with van der Waals surface area (Å²) in [6.45, 7) is 12.5. The summed E-state index contributed by atoms with van der Waals surface area (Å²) in [6.07, 6.45) is 0.928. The third-order valence-corrected chi connectivity index (χ3v) is 4.10. The Bertz CT molecular complexity index is 316. The zero-order valence-electron chi connectivity index (χ0n) is 11.1. The molecule has 1 heterocycles. The number of fused-ring (bicyclic) bond motifs is 1. The largest absolute Gasteiger partial charge is 0.316 e. The average Bonchev–Trinajstić information content (AvgIpc) is 2.14. The smallest absolute Gasteiger partial charge is 0.159 e. The third kappa shape index (κ3) is 1.52. The molecule has 1 aliphatic carbocycles. The van der Waals surface area contributed by atoms with E-state index >= 15 is 0 Å². The van der Waals surface area contributed by atoms with Crippen molar-refractivity contribution in [2.75, 3.05) is 13.1 Å². The highest BCUT2D eigenvalue weighted by atomic mass is 16.1. The molecule has 1 aliphatic heterocycles. The number of Topliss-reactive ketones (excluding diaryl/α,β-unsaturated/α-hetero) is 1. The van der Waals surface area contributed by atoms with Gasteiger partial charge in [0.1, 0.15) is 0 Å². The first-order chi connectivity index (χ1) is 7.20. The normalized spacial score (nSPS) is 37.8. The zero-order chi connectivity index (χ0) is 12.2. The molecule has 2 atom stereocenters. The van der Waals surface area contributed by atoms with Gasteiger partial charge in [0.15, 0.2) is 5.78 Å². The number of ketones is 1. The van der Waals surface area contributed by atoms with Gasteiger partial charge in [-0.3, -0.25) is 10.1 Å². The molecule has 0 aromatic rings. The van der Waals surface area contributed by atoms with Crippen molar-refractivity contribution in [2.45, 2.75) is 52.1 Å². The predicted molar refractivity (Wildman–Crippen MR) is 65.4 cm³/mol. The zero-order valence-corrected chi connectivity index (χ0v) is 11.1. The predicted octanol–water partition coefficient (Wildman–Crippen LogP) is 1.33. The van der Waals surface area contributed by atoms with E-state index in [1.165, 1.54) is 0 Å². The maximum Gasteiger partial charge on any atom is 0.159 e. The Hall–Kier alpha value is -0.410. The minimum atomic E-state index is -0.257. The van der Waals surface area contributed by atoms with E-state index < -0.39 is 0 Å². The van der Waals surface area contributed by atoms with Crippen LogP contribution in [0, 0.1) is 11.3 Å². The molecule has 16 heavy (non-hydrogen) atoms. The molecule has 3 heteroatoms. The highest BCUT2D eigenvalue weighted by Gasteiger charge is 2.67. The Morgan fingerprint density at radius 3 is 2.56 bits per heavy atom. The topological polar surface area (TPSA) is 41.1 Å². The molecule has 0 amide bonds. The molecule has 2 rings (SSSR count). The van der Waals surface area contributed by atoms with Gasteiger partial charge in [0.25, 0.3) is 0 Å². The summed E-state index contributed by atoms with van der Waals surface area (Å²) >= 11 is 0. The highest BCUT2D eigenvalue weighted by Crippen LogP contribution is 2.53. The second-order valence-electron chi connectivity index (χ2n) is 6.90. The summed E-state index contributed by atoms with van der Waals surface area (Å²) in [5, 5.41) is 7.00. The van der Waals surface area contributed by atoms with Crippen molar-refractivity contribution in [2.24, 2.45) is 11.3 Å². The Morgan fingerprint density at radius 2 is 2.00 bits per heavy atom. The summed E-state index contributed by atoms with van der Waals surface area (Å²) in [4.78, 5) is 12.4. The number of carbonyl (C=O) groups is 1. The molecule has 1 saturated carbocycles. The average molecular weight is 224 g/mol. The molecule has 0 radical (unpaired) electrons. The van der Waals surface area contributed by atoms with Crippen molar-refractivity contribution in [1.29, 1.82) is 0 Å². The van der Waals surface area contributed by atoms with Crippen LogP contribution in [0.4, 0.5) is 0 Å². The molecular weight excluding hydrogens is 200 g/mol. The van der Waals surface area contributed by atoms with Gasteiger partial charge in [-0.1, -0.05) is 13.8 Å². The van der Waals surface area contributed by atoms with Gasteiger partial charge < -0.3 is 5.32 Å². The lowest BCUT2D eigenvalue weighted by Crippen LogP contribution is -2.80. The summed E-state index contributed by atoms with van der Waals surface area (Å²) in [6, 6.07) is 0. The molecule has 2 unspecified atom stereocenters. The maximum atomic E-state index is 12.4. The Morgan fingerprint density at radius 1 is 1.38 bits per heavy atom. The van der Waals surface area contributed by atoms with Crippen LogP contribution in [0.2, 0.25) is 0 Å². The van der Waals surface area contributed by atoms with Crippen molar-refractivity contribution < 1.29 is 4.79 Å². The Labute approximate surface area is 98.4 Å². The SMILES string of the molecule is CC(C)(C)NC12CCNCC1C(C)(C)C2=O. The highest BCUT2D eigenvalue weighted by molar-refractivity contribution is 6.01. The van der Waals surface area contributed by atoms with E-state index in [-0.39, 0.29) is 16.5 Å². The van der Waals surface area contributed by atoms with Gasteiger partial charge in [0, 0.05) is 23.4 Å². The minimum Gasteiger partial charge on any atom is -0.316 e. The summed E-state index contributed by atoms with van der Waals surface area (Å²) in [5.74, 6) is 0.835. The summed E-state index contributed by atoms with van der Waals surface area (Å²) < 4.78 is 0. The minimum absolute atomic E-state index is 0.00174. The first-order valence-electron chi connectivity index (χ1n) is 6.25. The molecule has 2 fully saturated rings. The van der Waals surface area contributed by atoms with E-state index in [1.807, 2.05) is 0 Å². The second-order valence-corrected chi connectivity index (χ2v) is 6.90.